The minimum atomic E-state index is 0.276. The molecule has 13 aromatic rings. The molecule has 0 amide bonds. The highest BCUT2D eigenvalue weighted by molar-refractivity contribution is 6.21. The molecule has 118 heavy (non-hydrogen) atoms. The van der Waals surface area contributed by atoms with Crippen molar-refractivity contribution in [2.45, 2.75) is 197 Å². The second-order valence-electron chi connectivity index (χ2n) is 30.5. The number of ether oxygens (including phenoxy) is 6. The Hall–Kier alpha value is -12.1. The third-order valence-corrected chi connectivity index (χ3v) is 22.1. The number of hydrogen-bond acceptors (Lipinski definition) is 18. The summed E-state index contributed by atoms with van der Waals surface area (Å²) in [6.45, 7) is 19.8. The number of aromatic amines is 2. The molecular formula is C98H108N14O6. The first-order valence-corrected chi connectivity index (χ1v) is 43.2. The van der Waals surface area contributed by atoms with Gasteiger partial charge in [0.05, 0.1) is 72.3 Å². The van der Waals surface area contributed by atoms with Crippen LogP contribution in [0.2, 0.25) is 0 Å². The first-order chi connectivity index (χ1) is 58.3. The van der Waals surface area contributed by atoms with Gasteiger partial charge in [0, 0.05) is 119 Å². The molecule has 2 aliphatic rings. The average molecular weight is 1580 g/mol. The molecule has 0 unspecified atom stereocenters. The highest BCUT2D eigenvalue weighted by atomic mass is 16.5. The summed E-state index contributed by atoms with van der Waals surface area (Å²) in [4.78, 5) is 72.1. The van der Waals surface area contributed by atoms with Crippen molar-refractivity contribution in [1.29, 1.82) is 0 Å². The summed E-state index contributed by atoms with van der Waals surface area (Å²) in [6, 6.07) is 29.1. The van der Waals surface area contributed by atoms with Crippen molar-refractivity contribution < 1.29 is 28.4 Å². The lowest BCUT2D eigenvalue weighted by Crippen LogP contribution is -2.07. The van der Waals surface area contributed by atoms with Crippen LogP contribution in [0, 0.1) is 0 Å². The van der Waals surface area contributed by atoms with Crippen LogP contribution < -0.4 is 28.4 Å². The lowest BCUT2D eigenvalue weighted by atomic mass is 9.88. The van der Waals surface area contributed by atoms with Crippen LogP contribution in [-0.2, 0) is 12.8 Å². The topological polar surface area (TPSA) is 242 Å². The molecule has 20 nitrogen and oxygen atoms in total. The predicted molar refractivity (Wildman–Crippen MR) is 474 cm³/mol. The van der Waals surface area contributed by atoms with E-state index in [4.69, 9.17) is 58.3 Å². The Morgan fingerprint density at radius 1 is 0.212 bits per heavy atom. The zero-order valence-corrected chi connectivity index (χ0v) is 69.6. The normalized spacial score (nSPS) is 11.7. The van der Waals surface area contributed by atoms with Gasteiger partial charge in [0.15, 0.2) is 23.3 Å². The van der Waals surface area contributed by atoms with E-state index >= 15 is 0 Å². The Kier molecular flexibility index (Phi) is 27.0. The van der Waals surface area contributed by atoms with E-state index in [0.29, 0.717) is 141 Å². The molecule has 0 aliphatic carbocycles. The molecule has 606 valence electrons. The summed E-state index contributed by atoms with van der Waals surface area (Å²) in [5.74, 6) is 4.87. The largest absolute Gasteiger partial charge is 0.492 e. The van der Waals surface area contributed by atoms with Crippen LogP contribution >= 0.6 is 0 Å². The van der Waals surface area contributed by atoms with Gasteiger partial charge in [-0.25, -0.2) is 29.9 Å². The van der Waals surface area contributed by atoms with Crippen molar-refractivity contribution in [3.05, 3.63) is 170 Å². The van der Waals surface area contributed by atoms with E-state index in [1.54, 1.807) is 0 Å². The second-order valence-corrected chi connectivity index (χ2v) is 30.5. The molecule has 8 bridgehead atoms. The van der Waals surface area contributed by atoms with Crippen molar-refractivity contribution in [2.24, 2.45) is 0 Å². The number of nitrogens with zero attached hydrogens (tertiary/aromatic N) is 12. The van der Waals surface area contributed by atoms with Crippen LogP contribution in [0.1, 0.15) is 195 Å². The first-order valence-electron chi connectivity index (χ1n) is 43.2. The molecule has 11 heterocycles. The molecule has 0 saturated heterocycles. The number of aromatic nitrogens is 14. The predicted octanol–water partition coefficient (Wildman–Crippen LogP) is 24.6. The Balaban J connectivity index is 1.26. The molecule has 2 N–H and O–H groups in total. The van der Waals surface area contributed by atoms with E-state index in [0.717, 1.165) is 230 Å². The summed E-state index contributed by atoms with van der Waals surface area (Å²) in [5.41, 5.74) is 16.7. The third kappa shape index (κ3) is 16.9. The van der Waals surface area contributed by atoms with Crippen molar-refractivity contribution in [1.82, 2.24) is 69.8 Å². The molecule has 20 heteroatoms. The standard InChI is InChI=1S/C98H108N14O6/c1-9-17-25-27-29-63-31-32-64(30-28-26-18-10-2)78-77(63)91-105-92(78)107-94-80-82(88(116-60-22-14-6)74(68-39-51-102-52-40-68)72(66-35-47-100-48-36-66)86(80)114-58-20-12-4)96(109-94)111-98-84-83(89(117-61-23-15-7)75(69-41-53-103-54-42-69)76(70-43-55-104-56-44-70)90(84)118-62-24-16-8)97(112-98)110-95-81-79(93(106-91)108-95)85(113-57-19-11-3)71(65-33-45-99-46-34-65)73(67-37-49-101-50-38-67)87(81)115-59-21-13-5/h31-56H,9-30,57-62H2,1-8H3,(H2,105,106,107,108,109,110,111,112). The van der Waals surface area contributed by atoms with Crippen molar-refractivity contribution in [3.8, 4) is 147 Å². The average Bonchev–Trinajstić information content (AvgIpc) is 1.53. The number of fused-ring (bicyclic) bond motifs is 20. The number of unbranched alkanes of at least 4 members (excludes halogenated alkanes) is 12. The molecule has 15 rings (SSSR count). The number of rotatable bonds is 40. The van der Waals surface area contributed by atoms with E-state index in [1.165, 1.54) is 0 Å². The van der Waals surface area contributed by atoms with Crippen LogP contribution in [-0.4, -0.2) is 109 Å². The van der Waals surface area contributed by atoms with E-state index < -0.39 is 0 Å². The molecular weight excluding hydrogens is 1470 g/mol. The maximum Gasteiger partial charge on any atom is 0.168 e. The zero-order valence-electron chi connectivity index (χ0n) is 69.6. The number of benzene rings is 4. The fourth-order valence-electron chi connectivity index (χ4n) is 16.1. The lowest BCUT2D eigenvalue weighted by molar-refractivity contribution is 0.305. The summed E-state index contributed by atoms with van der Waals surface area (Å²) in [7, 11) is 0. The fourth-order valence-corrected chi connectivity index (χ4v) is 16.1. The molecule has 0 saturated carbocycles. The van der Waals surface area contributed by atoms with E-state index in [9.17, 15) is 0 Å². The monoisotopic (exact) mass is 1580 g/mol. The number of aryl methyl sites for hydroxylation is 2. The van der Waals surface area contributed by atoms with Gasteiger partial charge < -0.3 is 38.4 Å². The minimum Gasteiger partial charge on any atom is -0.492 e. The minimum absolute atomic E-state index is 0.276. The Morgan fingerprint density at radius 2 is 0.424 bits per heavy atom. The first kappa shape index (κ1) is 81.1. The lowest BCUT2D eigenvalue weighted by Gasteiger charge is -2.24. The summed E-state index contributed by atoms with van der Waals surface area (Å²) in [5, 5.41) is 2.53. The maximum atomic E-state index is 7.58. The quantitative estimate of drug-likeness (QED) is 0.0339. The summed E-state index contributed by atoms with van der Waals surface area (Å²) >= 11 is 0. The van der Waals surface area contributed by atoms with Gasteiger partial charge in [0.2, 0.25) is 0 Å². The van der Waals surface area contributed by atoms with Gasteiger partial charge in [-0.1, -0.05) is 145 Å². The Bertz CT molecular complexity index is 5430. The molecule has 9 aromatic heterocycles. The molecule has 2 aliphatic heterocycles. The Labute approximate surface area is 692 Å². The molecule has 0 atom stereocenters. The Morgan fingerprint density at radius 3 is 0.653 bits per heavy atom. The molecule has 0 spiro atoms. The SMILES string of the molecule is CCCCCCc1ccc(CCCCCC)c2c1-c1nc-2nc2[nH]c(nc3nc(nc4[nH]c(n1)c1c(OCCCC)c(-c5ccncc5)c(-c5ccncc5)c(OCCCC)c41)-c1c(OCCCC)c(-c4ccncc4)c(-c4ccncc4)c(OCCCC)c1-3)c1c(OCCCC)c(-c3ccncc3)c(-c3ccncc3)c(OCCCC)c21. The highest BCUT2D eigenvalue weighted by Gasteiger charge is 2.39. The van der Waals surface area contributed by atoms with E-state index in [2.05, 4.69) is 107 Å². The van der Waals surface area contributed by atoms with Crippen molar-refractivity contribution in [3.63, 3.8) is 0 Å². The maximum absolute atomic E-state index is 7.58. The summed E-state index contributed by atoms with van der Waals surface area (Å²) < 4.78 is 45.4. The number of hydrogen-bond donors (Lipinski definition) is 2. The molecule has 0 radical (unpaired) electrons. The van der Waals surface area contributed by atoms with Gasteiger partial charge in [-0.3, -0.25) is 29.9 Å². The van der Waals surface area contributed by atoms with Gasteiger partial charge >= 0.3 is 0 Å². The van der Waals surface area contributed by atoms with Crippen LogP contribution in [0.3, 0.4) is 0 Å². The number of pyridine rings is 6. The van der Waals surface area contributed by atoms with Crippen LogP contribution in [0.5, 0.6) is 34.5 Å². The fraction of sp³-hybridized carbons (Fsp3) is 0.367. The third-order valence-electron chi connectivity index (χ3n) is 22.1. The summed E-state index contributed by atoms with van der Waals surface area (Å²) in [6.07, 6.45) is 41.6. The van der Waals surface area contributed by atoms with E-state index in [-0.39, 0.29) is 11.6 Å². The van der Waals surface area contributed by atoms with Crippen LogP contribution in [0.25, 0.3) is 156 Å². The van der Waals surface area contributed by atoms with E-state index in [1.807, 2.05) is 147 Å². The second kappa shape index (κ2) is 39.3. The number of nitrogens with one attached hydrogen (secondary N) is 2. The van der Waals surface area contributed by atoms with Gasteiger partial charge in [-0.2, -0.15) is 0 Å². The van der Waals surface area contributed by atoms with Crippen LogP contribution in [0.15, 0.2) is 159 Å². The zero-order chi connectivity index (χ0) is 81.1. The van der Waals surface area contributed by atoms with Crippen molar-refractivity contribution in [2.75, 3.05) is 39.6 Å². The van der Waals surface area contributed by atoms with Crippen molar-refractivity contribution >= 4 is 44.1 Å². The van der Waals surface area contributed by atoms with Gasteiger partial charge in [0.25, 0.3) is 0 Å². The number of H-pyrrole nitrogens is 2. The van der Waals surface area contributed by atoms with Crippen LogP contribution in [0.4, 0.5) is 0 Å². The smallest absolute Gasteiger partial charge is 0.168 e. The molecule has 0 fully saturated rings. The molecule has 4 aromatic carbocycles. The highest BCUT2D eigenvalue weighted by Crippen LogP contribution is 2.60. The van der Waals surface area contributed by atoms with Gasteiger partial charge in [-0.15, -0.1) is 0 Å². The van der Waals surface area contributed by atoms with Gasteiger partial charge in [0.1, 0.15) is 57.1 Å². The van der Waals surface area contributed by atoms with Gasteiger partial charge in [-0.05, 0) is 182 Å².